The summed E-state index contributed by atoms with van der Waals surface area (Å²) < 4.78 is 5.46. The van der Waals surface area contributed by atoms with Gasteiger partial charge in [-0.05, 0) is 35.6 Å². The molecular formula is C16H21N3O. The second-order valence-electron chi connectivity index (χ2n) is 5.28. The fourth-order valence-corrected chi connectivity index (χ4v) is 2.19. The van der Waals surface area contributed by atoms with Gasteiger partial charge in [0.1, 0.15) is 11.6 Å². The van der Waals surface area contributed by atoms with Crippen LogP contribution in [-0.2, 0) is 6.42 Å². The van der Waals surface area contributed by atoms with E-state index in [1.54, 1.807) is 19.5 Å². The summed E-state index contributed by atoms with van der Waals surface area (Å²) in [5.74, 6) is 2.14. The number of nitrogens with two attached hydrogens (primary N) is 1. The third-order valence-corrected chi connectivity index (χ3v) is 3.38. The molecule has 4 heteroatoms. The molecule has 0 spiro atoms. The number of benzene rings is 1. The zero-order chi connectivity index (χ0) is 14.7. The van der Waals surface area contributed by atoms with Crippen LogP contribution in [0.1, 0.15) is 42.3 Å². The van der Waals surface area contributed by atoms with E-state index < -0.39 is 0 Å². The Hall–Kier alpha value is -2.10. The van der Waals surface area contributed by atoms with Crippen molar-refractivity contribution in [1.29, 1.82) is 0 Å². The minimum atomic E-state index is 0.414. The van der Waals surface area contributed by atoms with Crippen LogP contribution in [0.3, 0.4) is 0 Å². The van der Waals surface area contributed by atoms with E-state index in [0.29, 0.717) is 18.0 Å². The lowest BCUT2D eigenvalue weighted by Crippen LogP contribution is -2.02. The topological polar surface area (TPSA) is 61.0 Å². The average Bonchev–Trinajstić information content (AvgIpc) is 2.42. The Bertz CT molecular complexity index is 591. The van der Waals surface area contributed by atoms with Crippen LogP contribution in [0.15, 0.2) is 24.5 Å². The van der Waals surface area contributed by atoms with Gasteiger partial charge in [0.25, 0.3) is 0 Å². The number of nitrogens with zero attached hydrogens (tertiary/aromatic N) is 2. The van der Waals surface area contributed by atoms with Crippen molar-refractivity contribution in [3.63, 3.8) is 0 Å². The van der Waals surface area contributed by atoms with E-state index in [-0.39, 0.29) is 0 Å². The van der Waals surface area contributed by atoms with Gasteiger partial charge in [0.05, 0.1) is 25.2 Å². The highest BCUT2D eigenvalue weighted by molar-refractivity contribution is 5.45. The largest absolute Gasteiger partial charge is 0.496 e. The van der Waals surface area contributed by atoms with E-state index in [0.717, 1.165) is 11.6 Å². The molecule has 0 aliphatic carbocycles. The highest BCUT2D eigenvalue weighted by Gasteiger charge is 2.12. The molecule has 1 heterocycles. The summed E-state index contributed by atoms with van der Waals surface area (Å²) >= 11 is 0. The number of anilines is 1. The summed E-state index contributed by atoms with van der Waals surface area (Å²) in [7, 11) is 1.71. The van der Waals surface area contributed by atoms with Crippen molar-refractivity contribution in [2.24, 2.45) is 0 Å². The molecule has 106 valence electrons. The van der Waals surface area contributed by atoms with Crippen LogP contribution in [-0.4, -0.2) is 17.1 Å². The molecule has 0 bridgehead atoms. The number of hydrogen-bond donors (Lipinski definition) is 1. The van der Waals surface area contributed by atoms with Crippen molar-refractivity contribution < 1.29 is 4.74 Å². The number of aromatic nitrogens is 2. The third-order valence-electron chi connectivity index (χ3n) is 3.38. The lowest BCUT2D eigenvalue weighted by Gasteiger charge is -2.16. The van der Waals surface area contributed by atoms with E-state index in [4.69, 9.17) is 10.5 Å². The first-order valence-electron chi connectivity index (χ1n) is 6.75. The Balaban J connectivity index is 2.36. The molecule has 2 N–H and O–H groups in total. The molecule has 2 aromatic rings. The van der Waals surface area contributed by atoms with E-state index in [9.17, 15) is 0 Å². The standard InChI is InChI=1S/C16H21N3O/c1-10(2)14-6-12(11(3)5-15(14)20-4)7-16-18-8-13(17)9-19-16/h5-6,8-10H,7,17H2,1-4H3. The lowest BCUT2D eigenvalue weighted by atomic mass is 9.95. The van der Waals surface area contributed by atoms with E-state index >= 15 is 0 Å². The van der Waals surface area contributed by atoms with Gasteiger partial charge in [-0.15, -0.1) is 0 Å². The number of rotatable bonds is 4. The van der Waals surface area contributed by atoms with Crippen LogP contribution in [0.25, 0.3) is 0 Å². The maximum Gasteiger partial charge on any atom is 0.132 e. The Labute approximate surface area is 120 Å². The summed E-state index contributed by atoms with van der Waals surface area (Å²) in [5, 5.41) is 0. The highest BCUT2D eigenvalue weighted by Crippen LogP contribution is 2.30. The summed E-state index contributed by atoms with van der Waals surface area (Å²) in [5.41, 5.74) is 9.82. The smallest absolute Gasteiger partial charge is 0.132 e. The molecule has 1 aromatic carbocycles. The SMILES string of the molecule is COc1cc(C)c(Cc2ncc(N)cn2)cc1C(C)C. The van der Waals surface area contributed by atoms with Crippen molar-refractivity contribution in [3.05, 3.63) is 47.0 Å². The molecule has 0 saturated heterocycles. The predicted molar refractivity (Wildman–Crippen MR) is 81.1 cm³/mol. The van der Waals surface area contributed by atoms with Crippen molar-refractivity contribution >= 4 is 5.69 Å². The normalized spacial score (nSPS) is 10.8. The Morgan fingerprint density at radius 1 is 1.20 bits per heavy atom. The lowest BCUT2D eigenvalue weighted by molar-refractivity contribution is 0.407. The van der Waals surface area contributed by atoms with Gasteiger partial charge in [-0.25, -0.2) is 9.97 Å². The Morgan fingerprint density at radius 3 is 2.40 bits per heavy atom. The zero-order valence-corrected chi connectivity index (χ0v) is 12.5. The molecule has 4 nitrogen and oxygen atoms in total. The number of aryl methyl sites for hydroxylation is 1. The number of ether oxygens (including phenoxy) is 1. The monoisotopic (exact) mass is 271 g/mol. The van der Waals surface area contributed by atoms with Crippen LogP contribution in [0.2, 0.25) is 0 Å². The van der Waals surface area contributed by atoms with Gasteiger partial charge in [-0.2, -0.15) is 0 Å². The number of hydrogen-bond acceptors (Lipinski definition) is 4. The number of nitrogen functional groups attached to an aromatic ring is 1. The van der Waals surface area contributed by atoms with E-state index in [1.165, 1.54) is 16.7 Å². The average molecular weight is 271 g/mol. The summed E-state index contributed by atoms with van der Waals surface area (Å²) in [4.78, 5) is 8.53. The first-order chi connectivity index (χ1) is 9.51. The van der Waals surface area contributed by atoms with Gasteiger partial charge in [0.15, 0.2) is 0 Å². The fourth-order valence-electron chi connectivity index (χ4n) is 2.19. The molecule has 0 aliphatic rings. The van der Waals surface area contributed by atoms with Crippen molar-refractivity contribution in [2.45, 2.75) is 33.1 Å². The highest BCUT2D eigenvalue weighted by atomic mass is 16.5. The molecule has 0 saturated carbocycles. The van der Waals surface area contributed by atoms with Crippen molar-refractivity contribution in [1.82, 2.24) is 9.97 Å². The van der Waals surface area contributed by atoms with Gasteiger partial charge < -0.3 is 10.5 Å². The van der Waals surface area contributed by atoms with E-state index in [2.05, 4.69) is 42.9 Å². The second-order valence-corrected chi connectivity index (χ2v) is 5.28. The minimum Gasteiger partial charge on any atom is -0.496 e. The van der Waals surface area contributed by atoms with Crippen molar-refractivity contribution in [3.8, 4) is 5.75 Å². The molecule has 0 amide bonds. The first-order valence-corrected chi connectivity index (χ1v) is 6.75. The summed E-state index contributed by atoms with van der Waals surface area (Å²) in [6.07, 6.45) is 3.99. The maximum absolute atomic E-state index is 5.61. The minimum absolute atomic E-state index is 0.414. The van der Waals surface area contributed by atoms with Gasteiger partial charge in [-0.3, -0.25) is 0 Å². The fraction of sp³-hybridized carbons (Fsp3) is 0.375. The molecule has 2 rings (SSSR count). The third kappa shape index (κ3) is 3.07. The molecule has 20 heavy (non-hydrogen) atoms. The molecular weight excluding hydrogens is 250 g/mol. The maximum atomic E-state index is 5.61. The predicted octanol–water partition coefficient (Wildman–Crippen LogP) is 3.09. The van der Waals surface area contributed by atoms with Gasteiger partial charge >= 0.3 is 0 Å². The Kier molecular flexibility index (Phi) is 4.23. The number of methoxy groups -OCH3 is 1. The first kappa shape index (κ1) is 14.3. The molecule has 0 atom stereocenters. The van der Waals surface area contributed by atoms with Crippen molar-refractivity contribution in [2.75, 3.05) is 12.8 Å². The molecule has 1 aromatic heterocycles. The van der Waals surface area contributed by atoms with Crippen LogP contribution >= 0.6 is 0 Å². The van der Waals surface area contributed by atoms with E-state index in [1.807, 2.05) is 0 Å². The van der Waals surface area contributed by atoms with Crippen LogP contribution in [0.4, 0.5) is 5.69 Å². The molecule has 0 aliphatic heterocycles. The van der Waals surface area contributed by atoms with Gasteiger partial charge in [0, 0.05) is 6.42 Å². The van der Waals surface area contributed by atoms with Gasteiger partial charge in [0.2, 0.25) is 0 Å². The van der Waals surface area contributed by atoms with Crippen LogP contribution in [0.5, 0.6) is 5.75 Å². The Morgan fingerprint density at radius 2 is 1.85 bits per heavy atom. The summed E-state index contributed by atoms with van der Waals surface area (Å²) in [6, 6.07) is 4.28. The van der Waals surface area contributed by atoms with Crippen LogP contribution in [0, 0.1) is 6.92 Å². The molecule has 0 radical (unpaired) electrons. The van der Waals surface area contributed by atoms with Gasteiger partial charge in [-0.1, -0.05) is 19.9 Å². The second kappa shape index (κ2) is 5.90. The zero-order valence-electron chi connectivity index (χ0n) is 12.5. The molecule has 0 unspecified atom stereocenters. The molecule has 0 fully saturated rings. The van der Waals surface area contributed by atoms with Crippen LogP contribution < -0.4 is 10.5 Å². The quantitative estimate of drug-likeness (QED) is 0.928. The summed E-state index contributed by atoms with van der Waals surface area (Å²) in [6.45, 7) is 6.41.